The van der Waals surface area contributed by atoms with Gasteiger partial charge in [-0.1, -0.05) is 17.7 Å². The molecule has 0 saturated carbocycles. The van der Waals surface area contributed by atoms with Crippen molar-refractivity contribution in [2.75, 3.05) is 11.9 Å². The number of carboxylic acid groups (broad SMARTS) is 1. The monoisotopic (exact) mass is 265 g/mol. The molecule has 94 valence electrons. The highest BCUT2D eigenvalue weighted by Crippen LogP contribution is 2.24. The number of aromatic carboxylic acids is 1. The molecule has 6 heteroatoms. The highest BCUT2D eigenvalue weighted by Gasteiger charge is 2.13. The van der Waals surface area contributed by atoms with Crippen molar-refractivity contribution in [1.29, 1.82) is 0 Å². The maximum Gasteiger partial charge on any atom is 0.339 e. The maximum absolute atomic E-state index is 11.1. The summed E-state index contributed by atoms with van der Waals surface area (Å²) in [6, 6.07) is 6.80. The van der Waals surface area contributed by atoms with Gasteiger partial charge >= 0.3 is 5.97 Å². The molecule has 2 N–H and O–H groups in total. The van der Waals surface area contributed by atoms with Gasteiger partial charge in [0.1, 0.15) is 5.56 Å². The summed E-state index contributed by atoms with van der Waals surface area (Å²) in [5, 5.41) is 16.4. The molecule has 0 saturated heterocycles. The number of carbonyl (C=O) groups is 1. The van der Waals surface area contributed by atoms with Gasteiger partial charge in [0.2, 0.25) is 0 Å². The second-order valence-electron chi connectivity index (χ2n) is 3.66. The summed E-state index contributed by atoms with van der Waals surface area (Å²) in [5.41, 5.74) is 0.613. The van der Waals surface area contributed by atoms with E-state index in [9.17, 15) is 4.79 Å². The molecule has 1 aromatic heterocycles. The number of nitrogens with one attached hydrogen (secondary N) is 1. The lowest BCUT2D eigenvalue weighted by molar-refractivity contribution is 0.0698. The first-order valence-corrected chi connectivity index (χ1v) is 5.79. The number of anilines is 1. The minimum absolute atomic E-state index is 0.0969. The molecule has 0 bridgehead atoms. The van der Waals surface area contributed by atoms with Gasteiger partial charge in [-0.25, -0.2) is 4.79 Å². The van der Waals surface area contributed by atoms with E-state index in [-0.39, 0.29) is 10.6 Å². The first kappa shape index (κ1) is 12.4. The van der Waals surface area contributed by atoms with Crippen LogP contribution in [0.1, 0.15) is 10.4 Å². The van der Waals surface area contributed by atoms with Crippen molar-refractivity contribution < 1.29 is 9.90 Å². The molecule has 0 atom stereocenters. The Balaban J connectivity index is 2.05. The van der Waals surface area contributed by atoms with Crippen LogP contribution in [-0.2, 0) is 6.54 Å². The summed E-state index contributed by atoms with van der Waals surface area (Å²) in [4.78, 5) is 11.1. The first-order valence-electron chi connectivity index (χ1n) is 5.41. The Morgan fingerprint density at radius 3 is 2.94 bits per heavy atom. The molecule has 18 heavy (non-hydrogen) atoms. The number of halogens is 1. The molecule has 0 aliphatic carbocycles. The summed E-state index contributed by atoms with van der Waals surface area (Å²) in [6.45, 7) is 1.22. The number of benzene rings is 1. The standard InChI is InChI=1S/C12H12ClN3O2/c13-9-3-1-4-10(11(9)12(17)18)14-6-8-16-7-2-5-15-16/h1-5,7,14H,6,8H2,(H,17,18). The largest absolute Gasteiger partial charge is 0.478 e. The molecule has 0 amide bonds. The van der Waals surface area contributed by atoms with Crippen molar-refractivity contribution in [2.45, 2.75) is 6.54 Å². The number of rotatable bonds is 5. The Morgan fingerprint density at radius 1 is 1.44 bits per heavy atom. The van der Waals surface area contributed by atoms with Crippen molar-refractivity contribution >= 4 is 23.3 Å². The van der Waals surface area contributed by atoms with E-state index in [0.29, 0.717) is 18.8 Å². The molecule has 0 aliphatic rings. The molecule has 0 fully saturated rings. The predicted molar refractivity (Wildman–Crippen MR) is 69.1 cm³/mol. The average molecular weight is 266 g/mol. The number of nitrogens with zero attached hydrogens (tertiary/aromatic N) is 2. The van der Waals surface area contributed by atoms with Gasteiger partial charge < -0.3 is 10.4 Å². The van der Waals surface area contributed by atoms with Crippen LogP contribution in [0.2, 0.25) is 5.02 Å². The van der Waals surface area contributed by atoms with E-state index in [1.807, 2.05) is 12.3 Å². The zero-order valence-corrected chi connectivity index (χ0v) is 10.3. The molecule has 0 aliphatic heterocycles. The van der Waals surface area contributed by atoms with Crippen LogP contribution in [0.5, 0.6) is 0 Å². The van der Waals surface area contributed by atoms with Crippen molar-refractivity contribution in [2.24, 2.45) is 0 Å². The lowest BCUT2D eigenvalue weighted by Gasteiger charge is -2.10. The Labute approximate surface area is 109 Å². The highest BCUT2D eigenvalue weighted by atomic mass is 35.5. The fraction of sp³-hybridized carbons (Fsp3) is 0.167. The van der Waals surface area contributed by atoms with Gasteiger partial charge in [0, 0.05) is 18.9 Å². The third kappa shape index (κ3) is 2.81. The average Bonchev–Trinajstić information content (AvgIpc) is 2.81. The van der Waals surface area contributed by atoms with Gasteiger partial charge in [0.05, 0.1) is 17.3 Å². The number of hydrogen-bond donors (Lipinski definition) is 2. The number of carboxylic acids is 1. The third-order valence-electron chi connectivity index (χ3n) is 2.44. The van der Waals surface area contributed by atoms with Crippen molar-refractivity contribution in [3.05, 3.63) is 47.2 Å². The Morgan fingerprint density at radius 2 is 2.28 bits per heavy atom. The summed E-state index contributed by atoms with van der Waals surface area (Å²) in [7, 11) is 0. The van der Waals surface area contributed by atoms with Crippen LogP contribution >= 0.6 is 11.6 Å². The quantitative estimate of drug-likeness (QED) is 0.871. The van der Waals surface area contributed by atoms with Crippen LogP contribution in [0.25, 0.3) is 0 Å². The van der Waals surface area contributed by atoms with Crippen LogP contribution in [0.15, 0.2) is 36.7 Å². The van der Waals surface area contributed by atoms with Gasteiger partial charge in [0.15, 0.2) is 0 Å². The Kier molecular flexibility index (Phi) is 3.84. The van der Waals surface area contributed by atoms with Gasteiger partial charge in [0.25, 0.3) is 0 Å². The SMILES string of the molecule is O=C(O)c1c(Cl)cccc1NCCn1cccn1. The van der Waals surface area contributed by atoms with Crippen LogP contribution in [0.4, 0.5) is 5.69 Å². The van der Waals surface area contributed by atoms with E-state index in [1.165, 1.54) is 0 Å². The summed E-state index contributed by atoms with van der Waals surface area (Å²) >= 11 is 5.86. The molecule has 1 heterocycles. The van der Waals surface area contributed by atoms with Crippen LogP contribution in [0.3, 0.4) is 0 Å². The van der Waals surface area contributed by atoms with Crippen molar-refractivity contribution in [3.63, 3.8) is 0 Å². The second kappa shape index (κ2) is 5.55. The molecule has 0 radical (unpaired) electrons. The van der Waals surface area contributed by atoms with Gasteiger partial charge in [-0.3, -0.25) is 4.68 Å². The fourth-order valence-corrected chi connectivity index (χ4v) is 1.88. The molecular formula is C12H12ClN3O2. The third-order valence-corrected chi connectivity index (χ3v) is 2.76. The summed E-state index contributed by atoms with van der Waals surface area (Å²) in [5.74, 6) is -1.04. The van der Waals surface area contributed by atoms with E-state index in [1.54, 1.807) is 29.1 Å². The first-order chi connectivity index (χ1) is 8.68. The molecule has 2 aromatic rings. The minimum atomic E-state index is -1.04. The smallest absolute Gasteiger partial charge is 0.339 e. The molecule has 2 rings (SSSR count). The topological polar surface area (TPSA) is 67.2 Å². The molecular weight excluding hydrogens is 254 g/mol. The van der Waals surface area contributed by atoms with Crippen LogP contribution in [-0.4, -0.2) is 27.4 Å². The molecule has 0 spiro atoms. The van der Waals surface area contributed by atoms with Gasteiger partial charge in [-0.05, 0) is 18.2 Å². The van der Waals surface area contributed by atoms with Crippen LogP contribution in [0, 0.1) is 0 Å². The van der Waals surface area contributed by atoms with E-state index in [2.05, 4.69) is 10.4 Å². The molecule has 0 unspecified atom stereocenters. The van der Waals surface area contributed by atoms with Crippen molar-refractivity contribution in [3.8, 4) is 0 Å². The normalized spacial score (nSPS) is 10.3. The predicted octanol–water partition coefficient (Wildman–Crippen LogP) is 2.35. The maximum atomic E-state index is 11.1. The number of hydrogen-bond acceptors (Lipinski definition) is 3. The second-order valence-corrected chi connectivity index (χ2v) is 4.07. The molecule has 5 nitrogen and oxygen atoms in total. The Hall–Kier alpha value is -2.01. The van der Waals surface area contributed by atoms with Gasteiger partial charge in [-0.15, -0.1) is 0 Å². The lowest BCUT2D eigenvalue weighted by atomic mass is 10.2. The van der Waals surface area contributed by atoms with Crippen molar-refractivity contribution in [1.82, 2.24) is 9.78 Å². The fourth-order valence-electron chi connectivity index (χ4n) is 1.63. The van der Waals surface area contributed by atoms with E-state index in [0.717, 1.165) is 0 Å². The molecule has 1 aromatic carbocycles. The minimum Gasteiger partial charge on any atom is -0.478 e. The van der Waals surface area contributed by atoms with E-state index in [4.69, 9.17) is 16.7 Å². The number of aromatic nitrogens is 2. The van der Waals surface area contributed by atoms with Crippen LogP contribution < -0.4 is 5.32 Å². The highest BCUT2D eigenvalue weighted by molar-refractivity contribution is 6.34. The van der Waals surface area contributed by atoms with E-state index < -0.39 is 5.97 Å². The van der Waals surface area contributed by atoms with E-state index >= 15 is 0 Å². The summed E-state index contributed by atoms with van der Waals surface area (Å²) < 4.78 is 1.76. The zero-order chi connectivity index (χ0) is 13.0. The summed E-state index contributed by atoms with van der Waals surface area (Å²) in [6.07, 6.45) is 3.54. The Bertz CT molecular complexity index is 540. The van der Waals surface area contributed by atoms with Gasteiger partial charge in [-0.2, -0.15) is 5.10 Å². The lowest BCUT2D eigenvalue weighted by Crippen LogP contribution is -2.13. The zero-order valence-electron chi connectivity index (χ0n) is 9.51.